The van der Waals surface area contributed by atoms with Gasteiger partial charge in [-0.25, -0.2) is 0 Å². The summed E-state index contributed by atoms with van der Waals surface area (Å²) in [6.45, 7) is 5.82. The Morgan fingerprint density at radius 1 is 0.963 bits per heavy atom. The first-order valence-electron chi connectivity index (χ1n) is 9.87. The fourth-order valence-electron chi connectivity index (χ4n) is 4.03. The molecule has 7 nitrogen and oxygen atoms in total. The summed E-state index contributed by atoms with van der Waals surface area (Å²) >= 11 is 0. The topological polar surface area (TPSA) is 102 Å². The summed E-state index contributed by atoms with van der Waals surface area (Å²) in [5.74, 6) is -1.19. The SMILES string of the molecule is COC(=O)C1CCC(C(=O)NC[C@@H]2C[C@H](C(=O)OC(C)(C)C)C[C@@H]2O)CC1. The maximum atomic E-state index is 12.4. The molecule has 3 atom stereocenters. The normalized spacial score (nSPS) is 31.2. The molecule has 1 amide bonds. The number of aliphatic hydroxyl groups excluding tert-OH is 1. The number of amides is 1. The van der Waals surface area contributed by atoms with Gasteiger partial charge in [0.2, 0.25) is 5.91 Å². The van der Waals surface area contributed by atoms with Crippen LogP contribution in [0.15, 0.2) is 0 Å². The van der Waals surface area contributed by atoms with Gasteiger partial charge in [0, 0.05) is 18.4 Å². The second-order valence-electron chi connectivity index (χ2n) is 8.85. The molecule has 7 heteroatoms. The maximum Gasteiger partial charge on any atom is 0.309 e. The Hall–Kier alpha value is -1.63. The van der Waals surface area contributed by atoms with Crippen LogP contribution in [0.25, 0.3) is 0 Å². The summed E-state index contributed by atoms with van der Waals surface area (Å²) in [5, 5.41) is 13.2. The van der Waals surface area contributed by atoms with Crippen LogP contribution in [0.2, 0.25) is 0 Å². The third kappa shape index (κ3) is 6.19. The predicted octanol–water partition coefficient (Wildman–Crippen LogP) is 1.81. The molecule has 154 valence electrons. The number of hydrogen-bond acceptors (Lipinski definition) is 6. The van der Waals surface area contributed by atoms with Crippen molar-refractivity contribution in [2.75, 3.05) is 13.7 Å². The van der Waals surface area contributed by atoms with Gasteiger partial charge in [-0.2, -0.15) is 0 Å². The second kappa shape index (κ2) is 9.04. The molecule has 0 unspecified atom stereocenters. The van der Waals surface area contributed by atoms with Crippen molar-refractivity contribution in [1.82, 2.24) is 5.32 Å². The number of aliphatic hydroxyl groups is 1. The highest BCUT2D eigenvalue weighted by atomic mass is 16.6. The summed E-state index contributed by atoms with van der Waals surface area (Å²) in [6, 6.07) is 0. The summed E-state index contributed by atoms with van der Waals surface area (Å²) in [7, 11) is 1.39. The molecule has 0 spiro atoms. The van der Waals surface area contributed by atoms with Gasteiger partial charge in [-0.05, 0) is 59.3 Å². The van der Waals surface area contributed by atoms with E-state index in [0.717, 1.165) is 0 Å². The molecular formula is C20H33NO6. The van der Waals surface area contributed by atoms with Crippen LogP contribution in [0.3, 0.4) is 0 Å². The molecule has 0 aromatic heterocycles. The van der Waals surface area contributed by atoms with Gasteiger partial charge in [-0.15, -0.1) is 0 Å². The van der Waals surface area contributed by atoms with E-state index in [1.807, 2.05) is 20.8 Å². The average molecular weight is 383 g/mol. The third-order valence-electron chi connectivity index (χ3n) is 5.57. The van der Waals surface area contributed by atoms with Crippen LogP contribution in [0.4, 0.5) is 0 Å². The monoisotopic (exact) mass is 383 g/mol. The summed E-state index contributed by atoms with van der Waals surface area (Å²) < 4.78 is 10.2. The van der Waals surface area contributed by atoms with E-state index in [4.69, 9.17) is 9.47 Å². The molecule has 2 fully saturated rings. The Balaban J connectivity index is 1.75. The van der Waals surface area contributed by atoms with Crippen molar-refractivity contribution in [3.63, 3.8) is 0 Å². The number of hydrogen-bond donors (Lipinski definition) is 2. The van der Waals surface area contributed by atoms with Crippen LogP contribution in [0.1, 0.15) is 59.3 Å². The van der Waals surface area contributed by atoms with E-state index in [-0.39, 0.29) is 41.5 Å². The first kappa shape index (κ1) is 21.7. The molecule has 0 saturated heterocycles. The van der Waals surface area contributed by atoms with Crippen LogP contribution in [-0.4, -0.2) is 48.3 Å². The zero-order valence-corrected chi connectivity index (χ0v) is 16.8. The van der Waals surface area contributed by atoms with Crippen molar-refractivity contribution < 1.29 is 29.0 Å². The first-order valence-corrected chi connectivity index (χ1v) is 9.87. The van der Waals surface area contributed by atoms with Crippen molar-refractivity contribution in [2.24, 2.45) is 23.7 Å². The lowest BCUT2D eigenvalue weighted by Crippen LogP contribution is -2.38. The zero-order valence-electron chi connectivity index (χ0n) is 16.8. The molecule has 0 heterocycles. The zero-order chi connectivity index (χ0) is 20.2. The van der Waals surface area contributed by atoms with Gasteiger partial charge in [-0.3, -0.25) is 14.4 Å². The summed E-state index contributed by atoms with van der Waals surface area (Å²) in [4.78, 5) is 36.2. The van der Waals surface area contributed by atoms with Crippen molar-refractivity contribution in [3.05, 3.63) is 0 Å². The fraction of sp³-hybridized carbons (Fsp3) is 0.850. The number of nitrogens with one attached hydrogen (secondary N) is 1. The van der Waals surface area contributed by atoms with Gasteiger partial charge in [0.15, 0.2) is 0 Å². The van der Waals surface area contributed by atoms with E-state index in [9.17, 15) is 19.5 Å². The molecule has 2 aliphatic carbocycles. The molecule has 0 aromatic carbocycles. The molecule has 0 bridgehead atoms. The molecule has 0 aromatic rings. The minimum atomic E-state index is -0.613. The average Bonchev–Trinajstić information content (AvgIpc) is 2.98. The van der Waals surface area contributed by atoms with Crippen LogP contribution >= 0.6 is 0 Å². The van der Waals surface area contributed by atoms with Crippen LogP contribution in [0.5, 0.6) is 0 Å². The van der Waals surface area contributed by atoms with Gasteiger partial charge in [0.1, 0.15) is 5.60 Å². The van der Waals surface area contributed by atoms with E-state index in [1.54, 1.807) is 0 Å². The quantitative estimate of drug-likeness (QED) is 0.702. The lowest BCUT2D eigenvalue weighted by atomic mass is 9.81. The van der Waals surface area contributed by atoms with Crippen LogP contribution < -0.4 is 5.32 Å². The lowest BCUT2D eigenvalue weighted by Gasteiger charge is -2.26. The molecular weight excluding hydrogens is 350 g/mol. The summed E-state index contributed by atoms with van der Waals surface area (Å²) in [6.07, 6.45) is 2.94. The van der Waals surface area contributed by atoms with Gasteiger partial charge in [0.05, 0.1) is 25.0 Å². The molecule has 2 N–H and O–H groups in total. The Labute approximate surface area is 161 Å². The Morgan fingerprint density at radius 2 is 1.56 bits per heavy atom. The Bertz CT molecular complexity index is 547. The van der Waals surface area contributed by atoms with Gasteiger partial charge in [0.25, 0.3) is 0 Å². The maximum absolute atomic E-state index is 12.4. The Morgan fingerprint density at radius 3 is 2.11 bits per heavy atom. The smallest absolute Gasteiger partial charge is 0.309 e. The number of methoxy groups -OCH3 is 1. The number of carbonyl (C=O) groups is 3. The van der Waals surface area contributed by atoms with Crippen LogP contribution in [0, 0.1) is 23.7 Å². The number of rotatable bonds is 5. The summed E-state index contributed by atoms with van der Waals surface area (Å²) in [5.41, 5.74) is -0.544. The number of esters is 2. The molecule has 0 radical (unpaired) electrons. The standard InChI is InChI=1S/C20H33NO6/c1-20(2,3)27-19(25)14-9-15(16(22)10-14)11-21-17(23)12-5-7-13(8-6-12)18(24)26-4/h12-16,22H,5-11H2,1-4H3,(H,21,23)/t12?,13?,14-,15-,16-/m0/s1. The van der Waals surface area contributed by atoms with E-state index < -0.39 is 11.7 Å². The van der Waals surface area contributed by atoms with E-state index in [0.29, 0.717) is 45.1 Å². The number of ether oxygens (including phenoxy) is 2. The molecule has 2 saturated carbocycles. The largest absolute Gasteiger partial charge is 0.469 e. The van der Waals surface area contributed by atoms with E-state index in [1.165, 1.54) is 7.11 Å². The predicted molar refractivity (Wildman–Crippen MR) is 98.5 cm³/mol. The van der Waals surface area contributed by atoms with E-state index >= 15 is 0 Å². The second-order valence-corrected chi connectivity index (χ2v) is 8.85. The van der Waals surface area contributed by atoms with Crippen molar-refractivity contribution in [3.8, 4) is 0 Å². The minimum absolute atomic E-state index is 0.0359. The third-order valence-corrected chi connectivity index (χ3v) is 5.57. The van der Waals surface area contributed by atoms with Gasteiger partial charge >= 0.3 is 11.9 Å². The van der Waals surface area contributed by atoms with Gasteiger partial charge < -0.3 is 19.9 Å². The highest BCUT2D eigenvalue weighted by Crippen LogP contribution is 2.33. The van der Waals surface area contributed by atoms with Gasteiger partial charge in [-0.1, -0.05) is 0 Å². The fourth-order valence-corrected chi connectivity index (χ4v) is 4.03. The van der Waals surface area contributed by atoms with Crippen molar-refractivity contribution in [2.45, 2.75) is 71.0 Å². The lowest BCUT2D eigenvalue weighted by molar-refractivity contribution is -0.160. The molecule has 2 aliphatic rings. The first-order chi connectivity index (χ1) is 12.6. The highest BCUT2D eigenvalue weighted by molar-refractivity contribution is 5.79. The minimum Gasteiger partial charge on any atom is -0.469 e. The molecule has 2 rings (SSSR count). The van der Waals surface area contributed by atoms with E-state index in [2.05, 4.69) is 5.32 Å². The van der Waals surface area contributed by atoms with Crippen LogP contribution in [-0.2, 0) is 23.9 Å². The highest BCUT2D eigenvalue weighted by Gasteiger charge is 2.39. The van der Waals surface area contributed by atoms with Crippen molar-refractivity contribution in [1.29, 1.82) is 0 Å². The molecule has 27 heavy (non-hydrogen) atoms. The molecule has 0 aliphatic heterocycles. The Kier molecular flexibility index (Phi) is 7.25. The number of carbonyl (C=O) groups excluding carboxylic acids is 3. The van der Waals surface area contributed by atoms with Crippen molar-refractivity contribution >= 4 is 17.8 Å².